The molecule has 2 amide bonds. The minimum absolute atomic E-state index is 0.0911. The van der Waals surface area contributed by atoms with Gasteiger partial charge in [0, 0.05) is 18.3 Å². The molecule has 2 N–H and O–H groups in total. The lowest BCUT2D eigenvalue weighted by Crippen LogP contribution is -2.34. The summed E-state index contributed by atoms with van der Waals surface area (Å²) in [5.74, 6) is -0.270. The van der Waals surface area contributed by atoms with E-state index in [9.17, 15) is 14.4 Å². The van der Waals surface area contributed by atoms with Crippen LogP contribution in [0, 0.1) is 0 Å². The predicted molar refractivity (Wildman–Crippen MR) is 124 cm³/mol. The van der Waals surface area contributed by atoms with Crippen LogP contribution in [0.5, 0.6) is 5.75 Å². The van der Waals surface area contributed by atoms with E-state index in [1.54, 1.807) is 67.6 Å². The van der Waals surface area contributed by atoms with Crippen molar-refractivity contribution in [3.05, 3.63) is 77.2 Å². The summed E-state index contributed by atoms with van der Waals surface area (Å²) < 4.78 is 17.3. The smallest absolute Gasteiger partial charge is 0.265 e. The maximum atomic E-state index is 13.2. The molecule has 1 unspecified atom stereocenters. The number of anilines is 2. The molecule has 0 aliphatic heterocycles. The molecule has 0 fully saturated rings. The van der Waals surface area contributed by atoms with Gasteiger partial charge < -0.3 is 24.2 Å². The lowest BCUT2D eigenvalue weighted by Gasteiger charge is -2.18. The van der Waals surface area contributed by atoms with Crippen molar-refractivity contribution in [3.8, 4) is 17.3 Å². The van der Waals surface area contributed by atoms with Crippen LogP contribution in [0.2, 0.25) is 0 Å². The SMILES string of the molecule is CCC(Oc1c(-c2ccco2)oc2ccccc2c1=O)C(=O)Nc1ccc(NC(C)=O)cc1. The zero-order chi connectivity index (χ0) is 23.4. The van der Waals surface area contributed by atoms with Crippen LogP contribution in [0.4, 0.5) is 11.4 Å². The maximum Gasteiger partial charge on any atom is 0.265 e. The first-order valence-corrected chi connectivity index (χ1v) is 10.4. The second-order valence-electron chi connectivity index (χ2n) is 7.33. The first kappa shape index (κ1) is 21.9. The third kappa shape index (κ3) is 4.79. The Balaban J connectivity index is 1.62. The lowest BCUT2D eigenvalue weighted by molar-refractivity contribution is -0.122. The maximum absolute atomic E-state index is 13.2. The molecule has 0 aliphatic carbocycles. The molecule has 4 aromatic rings. The van der Waals surface area contributed by atoms with Gasteiger partial charge in [-0.25, -0.2) is 0 Å². The number of nitrogens with one attached hydrogen (secondary N) is 2. The van der Waals surface area contributed by atoms with Crippen molar-refractivity contribution in [1.82, 2.24) is 0 Å². The van der Waals surface area contributed by atoms with Gasteiger partial charge in [0.25, 0.3) is 5.91 Å². The second-order valence-corrected chi connectivity index (χ2v) is 7.33. The van der Waals surface area contributed by atoms with Crippen LogP contribution in [0.15, 0.2) is 80.6 Å². The molecule has 0 saturated heterocycles. The highest BCUT2D eigenvalue weighted by molar-refractivity contribution is 5.95. The number of ether oxygens (including phenoxy) is 1. The molecule has 8 heteroatoms. The van der Waals surface area contributed by atoms with Gasteiger partial charge in [0.2, 0.25) is 22.8 Å². The highest BCUT2D eigenvalue weighted by atomic mass is 16.5. The Morgan fingerprint density at radius 2 is 1.67 bits per heavy atom. The van der Waals surface area contributed by atoms with Crippen LogP contribution < -0.4 is 20.8 Å². The molecule has 1 atom stereocenters. The van der Waals surface area contributed by atoms with E-state index in [4.69, 9.17) is 13.6 Å². The number of carbonyl (C=O) groups excluding carboxylic acids is 2. The number of para-hydroxylation sites is 1. The molecule has 0 radical (unpaired) electrons. The van der Waals surface area contributed by atoms with Crippen LogP contribution in [0.3, 0.4) is 0 Å². The quantitative estimate of drug-likeness (QED) is 0.422. The minimum atomic E-state index is -0.960. The van der Waals surface area contributed by atoms with Gasteiger partial charge in [-0.3, -0.25) is 14.4 Å². The average Bonchev–Trinajstić information content (AvgIpc) is 3.34. The molecule has 0 bridgehead atoms. The molecule has 0 spiro atoms. The van der Waals surface area contributed by atoms with Crippen molar-refractivity contribution in [2.45, 2.75) is 26.4 Å². The van der Waals surface area contributed by atoms with Crippen molar-refractivity contribution in [2.24, 2.45) is 0 Å². The number of furan rings is 1. The summed E-state index contributed by atoms with van der Waals surface area (Å²) >= 11 is 0. The van der Waals surface area contributed by atoms with Gasteiger partial charge in [0.15, 0.2) is 11.9 Å². The fourth-order valence-electron chi connectivity index (χ4n) is 3.33. The molecule has 168 valence electrons. The molecule has 2 aromatic heterocycles. The Morgan fingerprint density at radius 1 is 0.970 bits per heavy atom. The fraction of sp³-hybridized carbons (Fsp3) is 0.160. The number of amides is 2. The molecule has 0 aliphatic rings. The van der Waals surface area contributed by atoms with E-state index >= 15 is 0 Å². The third-order valence-electron chi connectivity index (χ3n) is 4.90. The number of hydrogen-bond donors (Lipinski definition) is 2. The van der Waals surface area contributed by atoms with Crippen LogP contribution in [0.1, 0.15) is 20.3 Å². The highest BCUT2D eigenvalue weighted by Crippen LogP contribution is 2.32. The highest BCUT2D eigenvalue weighted by Gasteiger charge is 2.26. The summed E-state index contributed by atoms with van der Waals surface area (Å²) in [6, 6.07) is 16.8. The van der Waals surface area contributed by atoms with Gasteiger partial charge in [0.05, 0.1) is 11.6 Å². The number of benzene rings is 2. The van der Waals surface area contributed by atoms with Gasteiger partial charge in [-0.2, -0.15) is 0 Å². The molecule has 8 nitrogen and oxygen atoms in total. The Kier molecular flexibility index (Phi) is 6.26. The zero-order valence-electron chi connectivity index (χ0n) is 18.1. The van der Waals surface area contributed by atoms with Crippen molar-refractivity contribution in [1.29, 1.82) is 0 Å². The van der Waals surface area contributed by atoms with Crippen LogP contribution in [-0.4, -0.2) is 17.9 Å². The molecular weight excluding hydrogens is 424 g/mol. The van der Waals surface area contributed by atoms with Gasteiger partial charge in [-0.15, -0.1) is 0 Å². The summed E-state index contributed by atoms with van der Waals surface area (Å²) in [7, 11) is 0. The lowest BCUT2D eigenvalue weighted by atomic mass is 10.1. The van der Waals surface area contributed by atoms with Crippen LogP contribution in [0.25, 0.3) is 22.5 Å². The summed E-state index contributed by atoms with van der Waals surface area (Å²) in [5, 5.41) is 5.77. The third-order valence-corrected chi connectivity index (χ3v) is 4.90. The largest absolute Gasteiger partial charge is 0.473 e. The van der Waals surface area contributed by atoms with Crippen molar-refractivity contribution < 1.29 is 23.2 Å². The number of hydrogen-bond acceptors (Lipinski definition) is 6. The van der Waals surface area contributed by atoms with Crippen LogP contribution >= 0.6 is 0 Å². The molecule has 2 heterocycles. The molecule has 2 aromatic carbocycles. The van der Waals surface area contributed by atoms with E-state index in [1.807, 2.05) is 0 Å². The Morgan fingerprint density at radius 3 is 2.30 bits per heavy atom. The topological polar surface area (TPSA) is 111 Å². The summed E-state index contributed by atoms with van der Waals surface area (Å²) in [5.41, 5.74) is 1.13. The Labute approximate surface area is 189 Å². The summed E-state index contributed by atoms with van der Waals surface area (Å²) in [6.45, 7) is 3.19. The first-order valence-electron chi connectivity index (χ1n) is 10.4. The fourth-order valence-corrected chi connectivity index (χ4v) is 3.33. The minimum Gasteiger partial charge on any atom is -0.473 e. The monoisotopic (exact) mass is 446 g/mol. The molecule has 4 rings (SSSR count). The first-order chi connectivity index (χ1) is 16.0. The van der Waals surface area contributed by atoms with Gasteiger partial charge in [-0.1, -0.05) is 19.1 Å². The molecule has 0 saturated carbocycles. The van der Waals surface area contributed by atoms with Gasteiger partial charge in [0.1, 0.15) is 5.58 Å². The van der Waals surface area contributed by atoms with E-state index in [0.717, 1.165) is 0 Å². The zero-order valence-corrected chi connectivity index (χ0v) is 18.1. The van der Waals surface area contributed by atoms with E-state index in [-0.39, 0.29) is 17.4 Å². The van der Waals surface area contributed by atoms with E-state index in [2.05, 4.69) is 10.6 Å². The Bertz CT molecular complexity index is 1340. The van der Waals surface area contributed by atoms with Crippen molar-refractivity contribution in [2.75, 3.05) is 10.6 Å². The Hall–Kier alpha value is -4.33. The van der Waals surface area contributed by atoms with Crippen molar-refractivity contribution >= 4 is 34.2 Å². The van der Waals surface area contributed by atoms with E-state index in [1.165, 1.54) is 13.2 Å². The van der Waals surface area contributed by atoms with Gasteiger partial charge >= 0.3 is 0 Å². The summed E-state index contributed by atoms with van der Waals surface area (Å²) in [6.07, 6.45) is 0.806. The number of rotatable bonds is 7. The van der Waals surface area contributed by atoms with E-state index < -0.39 is 17.4 Å². The van der Waals surface area contributed by atoms with E-state index in [0.29, 0.717) is 34.5 Å². The molecule has 33 heavy (non-hydrogen) atoms. The van der Waals surface area contributed by atoms with Crippen LogP contribution in [-0.2, 0) is 9.59 Å². The number of carbonyl (C=O) groups is 2. The standard InChI is InChI=1S/C25H22N2O6/c1-3-19(25(30)27-17-12-10-16(11-13-17)26-15(2)28)32-24-22(29)18-7-4-5-8-20(18)33-23(24)21-9-6-14-31-21/h4-14,19H,3H2,1-2H3,(H,26,28)(H,27,30). The normalized spacial score (nSPS) is 11.7. The van der Waals surface area contributed by atoms with Crippen molar-refractivity contribution in [3.63, 3.8) is 0 Å². The number of fused-ring (bicyclic) bond motifs is 1. The average molecular weight is 446 g/mol. The van der Waals surface area contributed by atoms with Gasteiger partial charge in [-0.05, 0) is 55.0 Å². The second kappa shape index (κ2) is 9.44. The summed E-state index contributed by atoms with van der Waals surface area (Å²) in [4.78, 5) is 37.3. The predicted octanol–water partition coefficient (Wildman–Crippen LogP) is 4.81. The molecular formula is C25H22N2O6.